The summed E-state index contributed by atoms with van der Waals surface area (Å²) in [7, 11) is 1.68. The van der Waals surface area contributed by atoms with Gasteiger partial charge in [-0.2, -0.15) is 0 Å². The number of thioether (sulfide) groups is 1. The van der Waals surface area contributed by atoms with Crippen molar-refractivity contribution in [2.75, 3.05) is 19.0 Å². The van der Waals surface area contributed by atoms with Crippen LogP contribution in [0.4, 0.5) is 11.4 Å². The molecule has 0 aromatic heterocycles. The molecule has 0 spiro atoms. The molecule has 1 aliphatic rings. The van der Waals surface area contributed by atoms with Crippen molar-refractivity contribution < 1.29 is 14.3 Å². The Labute approximate surface area is 169 Å². The fraction of sp³-hybridized carbons (Fsp3) is 0.286. The molecule has 1 heterocycles. The zero-order chi connectivity index (χ0) is 20.1. The minimum Gasteiger partial charge on any atom is -0.494 e. The number of rotatable bonds is 5. The normalized spacial score (nSPS) is 18.2. The minimum atomic E-state index is -0.523. The highest BCUT2D eigenvalue weighted by Crippen LogP contribution is 2.29. The molecule has 1 fully saturated rings. The van der Waals surface area contributed by atoms with Gasteiger partial charge in [0.1, 0.15) is 11.0 Å². The second kappa shape index (κ2) is 8.93. The molecule has 1 atom stereocenters. The fourth-order valence-corrected chi connectivity index (χ4v) is 3.80. The van der Waals surface area contributed by atoms with Gasteiger partial charge in [0.15, 0.2) is 5.17 Å². The van der Waals surface area contributed by atoms with Gasteiger partial charge in [0.25, 0.3) is 0 Å². The first-order chi connectivity index (χ1) is 13.5. The minimum absolute atomic E-state index is 0.132. The van der Waals surface area contributed by atoms with Crippen molar-refractivity contribution in [1.29, 1.82) is 0 Å². The number of hydrogen-bond acceptors (Lipinski definition) is 5. The molecule has 1 unspecified atom stereocenters. The maximum atomic E-state index is 12.7. The first-order valence-electron chi connectivity index (χ1n) is 9.08. The number of nitrogens with zero attached hydrogens (tertiary/aromatic N) is 2. The van der Waals surface area contributed by atoms with Crippen LogP contribution in [0.1, 0.15) is 18.9 Å². The molecule has 0 aliphatic carbocycles. The fourth-order valence-electron chi connectivity index (χ4n) is 2.74. The Hall–Kier alpha value is -2.80. The molecule has 3 rings (SSSR count). The second-order valence-corrected chi connectivity index (χ2v) is 7.61. The van der Waals surface area contributed by atoms with E-state index in [9.17, 15) is 9.59 Å². The lowest BCUT2D eigenvalue weighted by atomic mass is 10.2. The summed E-state index contributed by atoms with van der Waals surface area (Å²) < 4.78 is 5.43. The Kier molecular flexibility index (Phi) is 6.36. The van der Waals surface area contributed by atoms with Crippen molar-refractivity contribution in [3.63, 3.8) is 0 Å². The zero-order valence-electron chi connectivity index (χ0n) is 16.1. The quantitative estimate of drug-likeness (QED) is 0.828. The van der Waals surface area contributed by atoms with Gasteiger partial charge in [-0.1, -0.05) is 23.9 Å². The number of carbonyl (C=O) groups is 2. The van der Waals surface area contributed by atoms with Crippen LogP contribution in [0.5, 0.6) is 5.75 Å². The second-order valence-electron chi connectivity index (χ2n) is 6.44. The number of nitrogens with one attached hydrogen (secondary N) is 1. The van der Waals surface area contributed by atoms with Gasteiger partial charge >= 0.3 is 0 Å². The molecule has 146 valence electrons. The van der Waals surface area contributed by atoms with E-state index in [4.69, 9.17) is 4.74 Å². The van der Waals surface area contributed by atoms with Gasteiger partial charge in [-0.3, -0.25) is 14.5 Å². The summed E-state index contributed by atoms with van der Waals surface area (Å²) in [5.74, 6) is 0.437. The highest BCUT2D eigenvalue weighted by Gasteiger charge is 2.34. The van der Waals surface area contributed by atoms with Crippen LogP contribution in [0.3, 0.4) is 0 Å². The average molecular weight is 398 g/mol. The third-order valence-electron chi connectivity index (χ3n) is 4.22. The van der Waals surface area contributed by atoms with Crippen LogP contribution in [-0.4, -0.2) is 40.8 Å². The van der Waals surface area contributed by atoms with Gasteiger partial charge in [0, 0.05) is 19.2 Å². The van der Waals surface area contributed by atoms with Crippen molar-refractivity contribution in [3.05, 3.63) is 54.1 Å². The van der Waals surface area contributed by atoms with E-state index in [-0.39, 0.29) is 18.2 Å². The van der Waals surface area contributed by atoms with E-state index < -0.39 is 5.25 Å². The molecule has 0 bridgehead atoms. The van der Waals surface area contributed by atoms with Crippen molar-refractivity contribution in [1.82, 2.24) is 4.90 Å². The molecular weight excluding hydrogens is 374 g/mol. The third-order valence-corrected chi connectivity index (χ3v) is 5.46. The van der Waals surface area contributed by atoms with Crippen molar-refractivity contribution in [3.8, 4) is 5.75 Å². The largest absolute Gasteiger partial charge is 0.494 e. The van der Waals surface area contributed by atoms with E-state index in [0.717, 1.165) is 17.0 Å². The third kappa shape index (κ3) is 4.92. The maximum Gasteiger partial charge on any atom is 0.238 e. The van der Waals surface area contributed by atoms with E-state index >= 15 is 0 Å². The molecule has 28 heavy (non-hydrogen) atoms. The predicted molar refractivity (Wildman–Crippen MR) is 113 cm³/mol. The number of amides is 2. The average Bonchev–Trinajstić information content (AvgIpc) is 2.67. The summed E-state index contributed by atoms with van der Waals surface area (Å²) in [6.45, 7) is 4.49. The molecule has 0 saturated carbocycles. The lowest BCUT2D eigenvalue weighted by Gasteiger charge is -2.28. The molecule has 0 radical (unpaired) electrons. The van der Waals surface area contributed by atoms with E-state index in [0.29, 0.717) is 17.5 Å². The number of amidine groups is 1. The standard InChI is InChI=1S/C21H23N3O3S/c1-4-27-17-10-8-15(9-11-17)23-21-24(3)19(25)13-18(28-21)20(26)22-16-7-5-6-14(2)12-16/h5-12,18H,4,13H2,1-3H3,(H,22,26). The Morgan fingerprint density at radius 2 is 2.04 bits per heavy atom. The Morgan fingerprint density at radius 1 is 1.29 bits per heavy atom. The lowest BCUT2D eigenvalue weighted by molar-refractivity contribution is -0.128. The predicted octanol–water partition coefficient (Wildman–Crippen LogP) is 3.98. The number of carbonyl (C=O) groups excluding carboxylic acids is 2. The molecule has 7 heteroatoms. The summed E-state index contributed by atoms with van der Waals surface area (Å²) in [5.41, 5.74) is 2.48. The molecule has 2 amide bonds. The lowest BCUT2D eigenvalue weighted by Crippen LogP contribution is -2.43. The smallest absolute Gasteiger partial charge is 0.238 e. The van der Waals surface area contributed by atoms with Crippen molar-refractivity contribution in [2.24, 2.45) is 4.99 Å². The monoisotopic (exact) mass is 397 g/mol. The molecular formula is C21H23N3O3S. The van der Waals surface area contributed by atoms with Gasteiger partial charge in [-0.15, -0.1) is 0 Å². The van der Waals surface area contributed by atoms with Crippen LogP contribution >= 0.6 is 11.8 Å². The molecule has 2 aromatic rings. The van der Waals surface area contributed by atoms with E-state index in [1.54, 1.807) is 7.05 Å². The first kappa shape index (κ1) is 19.9. The van der Waals surface area contributed by atoms with Gasteiger partial charge in [-0.05, 0) is 55.8 Å². The number of aryl methyl sites for hydroxylation is 1. The molecule has 1 N–H and O–H groups in total. The molecule has 6 nitrogen and oxygen atoms in total. The Morgan fingerprint density at radius 3 is 2.71 bits per heavy atom. The summed E-state index contributed by atoms with van der Waals surface area (Å²) in [6.07, 6.45) is 0.140. The number of ether oxygens (including phenoxy) is 1. The van der Waals surface area contributed by atoms with Crippen LogP contribution in [0.2, 0.25) is 0 Å². The highest BCUT2D eigenvalue weighted by atomic mass is 32.2. The first-order valence-corrected chi connectivity index (χ1v) is 9.96. The van der Waals surface area contributed by atoms with Crippen LogP contribution in [0.25, 0.3) is 0 Å². The summed E-state index contributed by atoms with van der Waals surface area (Å²) >= 11 is 1.30. The van der Waals surface area contributed by atoms with Crippen molar-refractivity contribution >= 4 is 40.1 Å². The van der Waals surface area contributed by atoms with Gasteiger partial charge in [0.05, 0.1) is 12.3 Å². The SMILES string of the molecule is CCOc1ccc(N=C2SC(C(=O)Nc3cccc(C)c3)CC(=O)N2C)cc1. The van der Waals surface area contributed by atoms with Gasteiger partial charge in [-0.25, -0.2) is 4.99 Å². The molecule has 1 aliphatic heterocycles. The summed E-state index contributed by atoms with van der Waals surface area (Å²) in [6, 6.07) is 14.9. The van der Waals surface area contributed by atoms with Crippen LogP contribution in [-0.2, 0) is 9.59 Å². The van der Waals surface area contributed by atoms with Gasteiger partial charge < -0.3 is 10.1 Å². The van der Waals surface area contributed by atoms with E-state index in [1.165, 1.54) is 16.7 Å². The van der Waals surface area contributed by atoms with Gasteiger partial charge in [0.2, 0.25) is 11.8 Å². The molecule has 2 aromatic carbocycles. The van der Waals surface area contributed by atoms with Crippen LogP contribution in [0.15, 0.2) is 53.5 Å². The summed E-state index contributed by atoms with van der Waals surface area (Å²) in [5, 5.41) is 2.87. The van der Waals surface area contributed by atoms with Crippen LogP contribution in [0, 0.1) is 6.92 Å². The molecule has 1 saturated heterocycles. The Balaban J connectivity index is 1.75. The number of aliphatic imine (C=N–C) groups is 1. The zero-order valence-corrected chi connectivity index (χ0v) is 17.0. The highest BCUT2D eigenvalue weighted by molar-refractivity contribution is 8.15. The topological polar surface area (TPSA) is 71.0 Å². The number of hydrogen-bond donors (Lipinski definition) is 1. The van der Waals surface area contributed by atoms with Crippen molar-refractivity contribution in [2.45, 2.75) is 25.5 Å². The number of benzene rings is 2. The van der Waals surface area contributed by atoms with Crippen LogP contribution < -0.4 is 10.1 Å². The Bertz CT molecular complexity index is 896. The van der Waals surface area contributed by atoms with E-state index in [1.807, 2.05) is 62.4 Å². The van der Waals surface area contributed by atoms with E-state index in [2.05, 4.69) is 10.3 Å². The summed E-state index contributed by atoms with van der Waals surface area (Å²) in [4.78, 5) is 31.1. The maximum absolute atomic E-state index is 12.7. The number of anilines is 1.